The minimum absolute atomic E-state index is 0.0466. The van der Waals surface area contributed by atoms with Gasteiger partial charge in [-0.25, -0.2) is 35.1 Å². The van der Waals surface area contributed by atoms with Gasteiger partial charge in [-0.2, -0.15) is 0 Å². The van der Waals surface area contributed by atoms with Crippen LogP contribution in [0.5, 0.6) is 11.5 Å². The molecular weight excluding hydrogens is 1210 g/mol. The zero-order valence-corrected chi connectivity index (χ0v) is 52.6. The van der Waals surface area contributed by atoms with Gasteiger partial charge in [0.1, 0.15) is 18.0 Å². The number of fused-ring (bicyclic) bond motifs is 2. The highest BCUT2D eigenvalue weighted by molar-refractivity contribution is 7.91. The molecular formula is C59H77Cl4F2N7O10S2. The zero-order valence-electron chi connectivity index (χ0n) is 48.0. The first-order chi connectivity index (χ1) is 40.0. The summed E-state index contributed by atoms with van der Waals surface area (Å²) >= 11 is 25.6. The van der Waals surface area contributed by atoms with Crippen molar-refractivity contribution in [3.05, 3.63) is 115 Å². The van der Waals surface area contributed by atoms with E-state index in [-0.39, 0.29) is 62.9 Å². The summed E-state index contributed by atoms with van der Waals surface area (Å²) in [5.41, 5.74) is 3.33. The number of unbranched alkanes of at least 4 members (excludes halogenated alkanes) is 2. The molecule has 17 nitrogen and oxygen atoms in total. The quantitative estimate of drug-likeness (QED) is 0.0405. The molecule has 462 valence electrons. The van der Waals surface area contributed by atoms with Gasteiger partial charge in [-0.15, -0.1) is 0 Å². The number of Topliss-reactive ketones (excluding diaryl/α,β-unsaturated/α-hetero) is 1. The summed E-state index contributed by atoms with van der Waals surface area (Å²) in [7, 11) is -0.185. The third-order valence-electron chi connectivity index (χ3n) is 16.1. The molecule has 4 aromatic rings. The van der Waals surface area contributed by atoms with Gasteiger partial charge in [-0.05, 0) is 164 Å². The van der Waals surface area contributed by atoms with Crippen molar-refractivity contribution in [3.63, 3.8) is 0 Å². The maximum absolute atomic E-state index is 15.5. The van der Waals surface area contributed by atoms with Crippen molar-refractivity contribution >= 4 is 78.1 Å². The number of carbonyl (C=O) groups is 2. The van der Waals surface area contributed by atoms with Gasteiger partial charge in [0.05, 0.1) is 47.4 Å². The van der Waals surface area contributed by atoms with E-state index in [0.717, 1.165) is 60.2 Å². The van der Waals surface area contributed by atoms with Crippen LogP contribution in [0, 0.1) is 17.6 Å². The molecule has 2 heterocycles. The maximum Gasteiger partial charge on any atom is 0.314 e. The highest BCUT2D eigenvalue weighted by atomic mass is 35.5. The number of benzene rings is 4. The lowest BCUT2D eigenvalue weighted by atomic mass is 10.1. The van der Waals surface area contributed by atoms with Gasteiger partial charge in [-0.3, -0.25) is 9.69 Å². The van der Waals surface area contributed by atoms with Crippen LogP contribution in [0.15, 0.2) is 70.5 Å². The van der Waals surface area contributed by atoms with Crippen LogP contribution in [0.2, 0.25) is 20.1 Å². The third kappa shape index (κ3) is 17.9. The number of likely N-dealkylation sites (N-methyl/N-ethyl adjacent to an activating group) is 2. The fourth-order valence-corrected chi connectivity index (χ4v) is 15.6. The maximum atomic E-state index is 15.5. The SMILES string of the molecule is CN(C)[C@H]1Cc2c(Cl)cc(Cl)cc2[C@@H]1Oc1ccc(S(=O)(=O)C[C@@H]2CCN(CCOCCCC(=O)CCCCCNC(=O)NCCOCCN3CC[C@@H](NS(=O)(=O)c4ccc(O[C@H]5c6cc(Cl)cc(Cl)c6C[C@@H]5N(C)C)c(F)c4)C3)C2)cc1F. The van der Waals surface area contributed by atoms with Crippen molar-refractivity contribution in [2.45, 2.75) is 104 Å². The second-order valence-electron chi connectivity index (χ2n) is 22.6. The van der Waals surface area contributed by atoms with Crippen LogP contribution in [-0.2, 0) is 47.0 Å². The standard InChI is InChI=1S/C59H77Cl4F2N7O10S2/c1-69(2)53-33-45-47(27-39(60)29-49(45)62)57(53)81-55-13-11-43(31-51(55)64)83(75,76)37-38-15-19-71(35-38)21-25-79-23-8-10-42(73)9-6-5-7-17-66-59(74)67-18-24-80-26-22-72-20-16-41(36-72)68-84(77,78)44-12-14-56(52(65)32-44)82-58-48-28-40(61)30-50(63)46(48)34-54(58)70(3)4/h11-14,27-32,38,41,53-54,57-58,68H,5-10,15-26,33-37H2,1-4H3,(H2,66,67,74)/t38-,41-,53+,54+,57+,58+/m1/s1. The van der Waals surface area contributed by atoms with Crippen molar-refractivity contribution in [3.8, 4) is 11.5 Å². The number of nitrogens with one attached hydrogen (secondary N) is 3. The van der Waals surface area contributed by atoms with Gasteiger partial charge >= 0.3 is 6.03 Å². The van der Waals surface area contributed by atoms with E-state index in [0.29, 0.717) is 137 Å². The number of ketones is 1. The number of halogens is 6. The Kier molecular flexibility index (Phi) is 23.8. The Morgan fingerprint density at radius 3 is 1.76 bits per heavy atom. The minimum Gasteiger partial charge on any atom is -0.481 e. The molecule has 2 aliphatic heterocycles. The zero-order chi connectivity index (χ0) is 60.3. The predicted molar refractivity (Wildman–Crippen MR) is 322 cm³/mol. The lowest BCUT2D eigenvalue weighted by molar-refractivity contribution is -0.119. The van der Waals surface area contributed by atoms with Crippen LogP contribution in [-0.4, -0.2) is 179 Å². The van der Waals surface area contributed by atoms with Gasteiger partial charge in [0, 0.05) is 96.0 Å². The Bertz CT molecular complexity index is 2960. The molecule has 4 aliphatic rings. The molecule has 0 spiro atoms. The molecule has 3 N–H and O–H groups in total. The Balaban J connectivity index is 0.608. The Morgan fingerprint density at radius 2 is 1.17 bits per heavy atom. The summed E-state index contributed by atoms with van der Waals surface area (Å²) in [4.78, 5) is 32.7. The molecule has 25 heteroatoms. The minimum atomic E-state index is -4.03. The van der Waals surface area contributed by atoms with E-state index >= 15 is 8.78 Å². The van der Waals surface area contributed by atoms with Crippen molar-refractivity contribution in [2.75, 3.05) is 113 Å². The third-order valence-corrected chi connectivity index (χ3v) is 20.6. The number of hydrogen-bond acceptors (Lipinski definition) is 14. The lowest BCUT2D eigenvalue weighted by Gasteiger charge is -2.27. The molecule has 2 saturated heterocycles. The van der Waals surface area contributed by atoms with Crippen LogP contribution in [0.4, 0.5) is 13.6 Å². The second-order valence-corrected chi connectivity index (χ2v) is 28.1. The first-order valence-corrected chi connectivity index (χ1v) is 33.3. The van der Waals surface area contributed by atoms with Crippen molar-refractivity contribution in [1.29, 1.82) is 0 Å². The molecule has 6 atom stereocenters. The van der Waals surface area contributed by atoms with Gasteiger partial charge in [-0.1, -0.05) is 52.8 Å². The number of sulfone groups is 1. The average molecular weight is 1290 g/mol. The highest BCUT2D eigenvalue weighted by Gasteiger charge is 2.40. The van der Waals surface area contributed by atoms with Gasteiger partial charge in [0.25, 0.3) is 0 Å². The number of ether oxygens (including phenoxy) is 4. The molecule has 2 fully saturated rings. The number of urea groups is 1. The predicted octanol–water partition coefficient (Wildman–Crippen LogP) is 9.18. The number of carbonyl (C=O) groups excluding carboxylic acids is 2. The number of sulfonamides is 1. The first-order valence-electron chi connectivity index (χ1n) is 28.6. The molecule has 2 aliphatic carbocycles. The molecule has 0 bridgehead atoms. The van der Waals surface area contributed by atoms with Crippen LogP contribution in [0.3, 0.4) is 0 Å². The van der Waals surface area contributed by atoms with Crippen LogP contribution in [0.25, 0.3) is 0 Å². The van der Waals surface area contributed by atoms with Crippen molar-refractivity contribution in [1.82, 2.24) is 35.0 Å². The van der Waals surface area contributed by atoms with Gasteiger partial charge in [0.2, 0.25) is 10.0 Å². The summed E-state index contributed by atoms with van der Waals surface area (Å²) in [5, 5.41) is 7.54. The smallest absolute Gasteiger partial charge is 0.314 e. The monoisotopic (exact) mass is 1290 g/mol. The van der Waals surface area contributed by atoms with E-state index in [1.165, 1.54) is 24.3 Å². The average Bonchev–Trinajstić information content (AvgIpc) is 4.39. The molecule has 0 unspecified atom stereocenters. The summed E-state index contributed by atoms with van der Waals surface area (Å²) in [5.74, 6) is -1.71. The number of hydrogen-bond donors (Lipinski definition) is 3. The van der Waals surface area contributed by atoms with Crippen LogP contribution < -0.4 is 24.8 Å². The Hall–Kier alpha value is -3.94. The van der Waals surface area contributed by atoms with Gasteiger partial charge in [0.15, 0.2) is 33.0 Å². The number of amides is 2. The van der Waals surface area contributed by atoms with Gasteiger partial charge < -0.3 is 44.3 Å². The second kappa shape index (κ2) is 30.3. The topological polar surface area (TPSA) is 188 Å². The number of nitrogens with zero attached hydrogens (tertiary/aromatic N) is 4. The normalized spacial score (nSPS) is 20.9. The van der Waals surface area contributed by atoms with E-state index in [1.54, 1.807) is 24.3 Å². The molecule has 8 rings (SSSR count). The van der Waals surface area contributed by atoms with Crippen molar-refractivity contribution < 1.29 is 54.2 Å². The molecule has 4 aromatic carbocycles. The summed E-state index contributed by atoms with van der Waals surface area (Å²) in [6, 6.07) is 13.4. The Morgan fingerprint density at radius 1 is 0.631 bits per heavy atom. The molecule has 84 heavy (non-hydrogen) atoms. The van der Waals surface area contributed by atoms with E-state index in [4.69, 9.17) is 65.4 Å². The van der Waals surface area contributed by atoms with Crippen molar-refractivity contribution in [2.24, 2.45) is 5.92 Å². The lowest BCUT2D eigenvalue weighted by Crippen LogP contribution is -2.38. The molecule has 0 aromatic heterocycles. The fraction of sp³-hybridized carbons (Fsp3) is 0.559. The Labute approximate surface area is 513 Å². The highest BCUT2D eigenvalue weighted by Crippen LogP contribution is 2.44. The molecule has 0 radical (unpaired) electrons. The first kappa shape index (κ1) is 66.0. The van der Waals surface area contributed by atoms with E-state index in [2.05, 4.69) is 25.2 Å². The summed E-state index contributed by atoms with van der Waals surface area (Å²) < 4.78 is 111. The largest absolute Gasteiger partial charge is 0.481 e. The number of likely N-dealkylation sites (tertiary alicyclic amines) is 2. The van der Waals surface area contributed by atoms with E-state index in [9.17, 15) is 26.4 Å². The van der Waals surface area contributed by atoms with Crippen LogP contribution >= 0.6 is 46.4 Å². The molecule has 0 saturated carbocycles. The summed E-state index contributed by atoms with van der Waals surface area (Å²) in [6.07, 6.45) is 5.10. The van der Waals surface area contributed by atoms with E-state index in [1.807, 2.05) is 38.0 Å². The number of rotatable bonds is 31. The van der Waals surface area contributed by atoms with E-state index < -0.39 is 43.7 Å². The fourth-order valence-electron chi connectivity index (χ4n) is 11.5. The summed E-state index contributed by atoms with van der Waals surface area (Å²) in [6.45, 7) is 6.06. The molecule has 2 amide bonds. The van der Waals surface area contributed by atoms with Crippen LogP contribution in [0.1, 0.15) is 85.8 Å².